The Labute approximate surface area is 112 Å². The van der Waals surface area contributed by atoms with Gasteiger partial charge in [0.25, 0.3) is 0 Å². The highest BCUT2D eigenvalue weighted by molar-refractivity contribution is 7.98. The van der Waals surface area contributed by atoms with Crippen molar-refractivity contribution in [3.05, 3.63) is 18.2 Å². The first kappa shape index (κ1) is 13.8. The summed E-state index contributed by atoms with van der Waals surface area (Å²) >= 11 is 1.31. The van der Waals surface area contributed by atoms with Crippen molar-refractivity contribution in [1.29, 1.82) is 0 Å². The summed E-state index contributed by atoms with van der Waals surface area (Å²) in [5.41, 5.74) is -0.145. The van der Waals surface area contributed by atoms with Crippen molar-refractivity contribution >= 4 is 24.3 Å². The quantitative estimate of drug-likeness (QED) is 0.468. The predicted octanol–water partition coefficient (Wildman–Crippen LogP) is 2.24. The molecule has 1 aromatic rings. The van der Waals surface area contributed by atoms with Gasteiger partial charge in [0.2, 0.25) is 5.95 Å². The third-order valence-corrected chi connectivity index (χ3v) is 4.42. The average Bonchev–Trinajstić information content (AvgIpc) is 2.47. The highest BCUT2D eigenvalue weighted by Gasteiger charge is 2.52. The van der Waals surface area contributed by atoms with Gasteiger partial charge in [0.1, 0.15) is 0 Å². The second kappa shape index (κ2) is 4.51. The SMILES string of the molecule is CSc1c(B2OC(C)(C)C(C)(C)O2)ccnc1F. The summed E-state index contributed by atoms with van der Waals surface area (Å²) in [5, 5.41) is 0. The number of rotatable bonds is 2. The molecule has 1 saturated heterocycles. The van der Waals surface area contributed by atoms with Crippen LogP contribution in [-0.2, 0) is 9.31 Å². The minimum Gasteiger partial charge on any atom is -0.399 e. The molecule has 1 fully saturated rings. The van der Waals surface area contributed by atoms with Crippen LogP contribution in [0.1, 0.15) is 27.7 Å². The van der Waals surface area contributed by atoms with Crippen LogP contribution in [0.4, 0.5) is 4.39 Å². The molecule has 2 heterocycles. The lowest BCUT2D eigenvalue weighted by molar-refractivity contribution is 0.00578. The lowest BCUT2D eigenvalue weighted by Crippen LogP contribution is -2.41. The molecule has 0 atom stereocenters. The van der Waals surface area contributed by atoms with Gasteiger partial charge in [0, 0.05) is 11.7 Å². The van der Waals surface area contributed by atoms with Gasteiger partial charge in [0.05, 0.1) is 16.1 Å². The van der Waals surface area contributed by atoms with Crippen LogP contribution in [-0.4, -0.2) is 29.6 Å². The van der Waals surface area contributed by atoms with Crippen molar-refractivity contribution in [1.82, 2.24) is 4.98 Å². The Balaban J connectivity index is 2.38. The molecule has 0 radical (unpaired) electrons. The van der Waals surface area contributed by atoms with Crippen molar-refractivity contribution in [3.63, 3.8) is 0 Å². The maximum Gasteiger partial charge on any atom is 0.496 e. The normalized spacial score (nSPS) is 21.3. The van der Waals surface area contributed by atoms with Crippen LogP contribution in [0, 0.1) is 5.95 Å². The summed E-state index contributed by atoms with van der Waals surface area (Å²) in [6.45, 7) is 7.90. The zero-order chi connectivity index (χ0) is 13.6. The predicted molar refractivity (Wildman–Crippen MR) is 71.7 cm³/mol. The topological polar surface area (TPSA) is 31.4 Å². The lowest BCUT2D eigenvalue weighted by Gasteiger charge is -2.32. The number of hydrogen-bond acceptors (Lipinski definition) is 4. The van der Waals surface area contributed by atoms with E-state index in [0.717, 1.165) is 0 Å². The number of thioether (sulfide) groups is 1. The van der Waals surface area contributed by atoms with Gasteiger partial charge in [0.15, 0.2) is 0 Å². The molecule has 0 amide bonds. The van der Waals surface area contributed by atoms with Crippen LogP contribution in [0.15, 0.2) is 17.2 Å². The minimum absolute atomic E-state index is 0.424. The van der Waals surface area contributed by atoms with E-state index in [4.69, 9.17) is 9.31 Å². The van der Waals surface area contributed by atoms with E-state index < -0.39 is 24.3 Å². The molecule has 0 spiro atoms. The molecule has 98 valence electrons. The molecular formula is C12H17BFNO2S. The molecule has 0 aromatic carbocycles. The third kappa shape index (κ3) is 2.17. The van der Waals surface area contributed by atoms with Crippen LogP contribution < -0.4 is 5.46 Å². The van der Waals surface area contributed by atoms with Crippen LogP contribution in [0.3, 0.4) is 0 Å². The van der Waals surface area contributed by atoms with Gasteiger partial charge in [-0.05, 0) is 40.0 Å². The van der Waals surface area contributed by atoms with Gasteiger partial charge in [-0.1, -0.05) is 0 Å². The van der Waals surface area contributed by atoms with Crippen molar-refractivity contribution in [2.75, 3.05) is 6.26 Å². The third-order valence-electron chi connectivity index (χ3n) is 3.60. The maximum atomic E-state index is 13.6. The van der Waals surface area contributed by atoms with E-state index in [1.54, 1.807) is 6.07 Å². The van der Waals surface area contributed by atoms with Crippen LogP contribution in [0.2, 0.25) is 0 Å². The fourth-order valence-corrected chi connectivity index (χ4v) is 2.42. The molecule has 3 nitrogen and oxygen atoms in total. The largest absolute Gasteiger partial charge is 0.496 e. The van der Waals surface area contributed by atoms with Crippen molar-refractivity contribution < 1.29 is 13.7 Å². The zero-order valence-corrected chi connectivity index (χ0v) is 12.1. The van der Waals surface area contributed by atoms with Crippen molar-refractivity contribution in [3.8, 4) is 0 Å². The number of nitrogens with zero attached hydrogens (tertiary/aromatic N) is 1. The number of pyridine rings is 1. The van der Waals surface area contributed by atoms with Gasteiger partial charge in [-0.3, -0.25) is 0 Å². The molecule has 0 N–H and O–H groups in total. The molecule has 1 aliphatic heterocycles. The molecule has 0 bridgehead atoms. The van der Waals surface area contributed by atoms with E-state index in [0.29, 0.717) is 10.4 Å². The summed E-state index contributed by atoms with van der Waals surface area (Å²) in [7, 11) is -0.546. The summed E-state index contributed by atoms with van der Waals surface area (Å²) in [5.74, 6) is -0.477. The molecule has 6 heteroatoms. The van der Waals surface area contributed by atoms with Gasteiger partial charge < -0.3 is 9.31 Å². The summed E-state index contributed by atoms with van der Waals surface area (Å²) in [6.07, 6.45) is 3.25. The Kier molecular flexibility index (Phi) is 3.47. The first-order chi connectivity index (χ1) is 8.28. The Morgan fingerprint density at radius 1 is 1.22 bits per heavy atom. The molecule has 0 unspecified atom stereocenters. The average molecular weight is 269 g/mol. The Hall–Kier alpha value is -0.585. The second-order valence-corrected chi connectivity index (χ2v) is 6.13. The van der Waals surface area contributed by atoms with Crippen LogP contribution in [0.5, 0.6) is 0 Å². The highest BCUT2D eigenvalue weighted by atomic mass is 32.2. The molecule has 2 rings (SSSR count). The minimum atomic E-state index is -0.546. The van der Waals surface area contributed by atoms with E-state index in [1.165, 1.54) is 18.0 Å². The van der Waals surface area contributed by atoms with Crippen molar-refractivity contribution in [2.45, 2.75) is 43.8 Å². The second-order valence-electron chi connectivity index (χ2n) is 5.31. The molecule has 1 aliphatic rings. The van der Waals surface area contributed by atoms with Crippen LogP contribution in [0.25, 0.3) is 0 Å². The molecular weight excluding hydrogens is 252 g/mol. The van der Waals surface area contributed by atoms with Gasteiger partial charge in [-0.2, -0.15) is 4.39 Å². The first-order valence-electron chi connectivity index (χ1n) is 5.82. The van der Waals surface area contributed by atoms with E-state index in [-0.39, 0.29) is 0 Å². The fourth-order valence-electron chi connectivity index (χ4n) is 1.79. The maximum absolute atomic E-state index is 13.6. The van der Waals surface area contributed by atoms with Crippen molar-refractivity contribution in [2.24, 2.45) is 0 Å². The number of hydrogen-bond donors (Lipinski definition) is 0. The monoisotopic (exact) mass is 269 g/mol. The smallest absolute Gasteiger partial charge is 0.399 e. The van der Waals surface area contributed by atoms with E-state index in [9.17, 15) is 4.39 Å². The van der Waals surface area contributed by atoms with Gasteiger partial charge in [-0.15, -0.1) is 11.8 Å². The molecule has 18 heavy (non-hydrogen) atoms. The number of halogens is 1. The summed E-state index contributed by atoms with van der Waals surface area (Å²) in [4.78, 5) is 4.14. The lowest BCUT2D eigenvalue weighted by atomic mass is 9.79. The van der Waals surface area contributed by atoms with Gasteiger partial charge >= 0.3 is 7.12 Å². The standard InChI is InChI=1S/C12H17BFNO2S/c1-11(2)12(3,4)17-13(16-11)8-6-7-15-10(14)9(8)18-5/h6-7H,1-5H3. The summed E-state index contributed by atoms with van der Waals surface area (Å²) < 4.78 is 25.5. The highest BCUT2D eigenvalue weighted by Crippen LogP contribution is 2.37. The summed E-state index contributed by atoms with van der Waals surface area (Å²) in [6, 6.07) is 1.75. The molecule has 0 saturated carbocycles. The van der Waals surface area contributed by atoms with E-state index in [1.807, 2.05) is 34.0 Å². The molecule has 0 aliphatic carbocycles. The van der Waals surface area contributed by atoms with Crippen LogP contribution >= 0.6 is 11.8 Å². The molecule has 1 aromatic heterocycles. The fraction of sp³-hybridized carbons (Fsp3) is 0.583. The van der Waals surface area contributed by atoms with E-state index >= 15 is 0 Å². The zero-order valence-electron chi connectivity index (χ0n) is 11.3. The Morgan fingerprint density at radius 2 is 1.78 bits per heavy atom. The van der Waals surface area contributed by atoms with E-state index in [2.05, 4.69) is 4.98 Å². The van der Waals surface area contributed by atoms with Gasteiger partial charge in [-0.25, -0.2) is 4.98 Å². The first-order valence-corrected chi connectivity index (χ1v) is 7.05. The Morgan fingerprint density at radius 3 is 2.28 bits per heavy atom. The number of aromatic nitrogens is 1. The Bertz CT molecular complexity index is 451.